The van der Waals surface area contributed by atoms with Crippen molar-refractivity contribution in [3.8, 4) is 5.75 Å². The van der Waals surface area contributed by atoms with Gasteiger partial charge in [-0.25, -0.2) is 9.97 Å². The molecular formula is C21H27N3O3. The van der Waals surface area contributed by atoms with Crippen LogP contribution in [0.2, 0.25) is 0 Å². The van der Waals surface area contributed by atoms with Crippen molar-refractivity contribution in [2.45, 2.75) is 39.2 Å². The molecule has 1 aromatic heterocycles. The van der Waals surface area contributed by atoms with Crippen molar-refractivity contribution in [1.29, 1.82) is 0 Å². The van der Waals surface area contributed by atoms with E-state index in [1.165, 1.54) is 0 Å². The molecule has 2 aromatic rings. The van der Waals surface area contributed by atoms with E-state index in [2.05, 4.69) is 9.97 Å². The van der Waals surface area contributed by atoms with Crippen LogP contribution in [-0.4, -0.2) is 47.1 Å². The van der Waals surface area contributed by atoms with Gasteiger partial charge < -0.3 is 14.4 Å². The van der Waals surface area contributed by atoms with Crippen LogP contribution in [0, 0.1) is 6.92 Å². The van der Waals surface area contributed by atoms with Gasteiger partial charge in [0.2, 0.25) is 0 Å². The van der Waals surface area contributed by atoms with Crippen LogP contribution in [0.4, 0.5) is 0 Å². The molecule has 1 saturated heterocycles. The lowest BCUT2D eigenvalue weighted by atomic mass is 9.92. The number of carbonyl (C=O) groups is 1. The lowest BCUT2D eigenvalue weighted by Crippen LogP contribution is -2.42. The van der Waals surface area contributed by atoms with Gasteiger partial charge in [-0.2, -0.15) is 0 Å². The molecular weight excluding hydrogens is 342 g/mol. The first kappa shape index (κ1) is 19.3. The maximum absolute atomic E-state index is 12.6. The third-order valence-electron chi connectivity index (χ3n) is 4.75. The van der Waals surface area contributed by atoms with Crippen molar-refractivity contribution in [3.05, 3.63) is 53.6 Å². The minimum absolute atomic E-state index is 0.0145. The van der Waals surface area contributed by atoms with Crippen molar-refractivity contribution < 1.29 is 14.3 Å². The zero-order valence-corrected chi connectivity index (χ0v) is 16.1. The third kappa shape index (κ3) is 5.26. The summed E-state index contributed by atoms with van der Waals surface area (Å²) in [4.78, 5) is 23.5. The van der Waals surface area contributed by atoms with E-state index in [0.717, 1.165) is 36.5 Å². The number of likely N-dealkylation sites (tertiary alicyclic amines) is 1. The van der Waals surface area contributed by atoms with E-state index in [-0.39, 0.29) is 18.4 Å². The number of hydrogen-bond donors (Lipinski definition) is 0. The predicted octanol–water partition coefficient (Wildman–Crippen LogP) is 3.11. The molecule has 0 spiro atoms. The summed E-state index contributed by atoms with van der Waals surface area (Å²) in [6.07, 6.45) is 3.82. The van der Waals surface area contributed by atoms with Crippen LogP contribution in [-0.2, 0) is 16.1 Å². The molecule has 0 saturated carbocycles. The van der Waals surface area contributed by atoms with Crippen LogP contribution < -0.4 is 4.74 Å². The number of para-hydroxylation sites is 1. The van der Waals surface area contributed by atoms with E-state index < -0.39 is 0 Å². The zero-order chi connectivity index (χ0) is 19.1. The van der Waals surface area contributed by atoms with Gasteiger partial charge in [0.05, 0.1) is 12.3 Å². The lowest BCUT2D eigenvalue weighted by molar-refractivity contribution is -0.134. The second-order valence-electron chi connectivity index (χ2n) is 6.75. The Bertz CT molecular complexity index is 752. The summed E-state index contributed by atoms with van der Waals surface area (Å²) < 4.78 is 11.2. The summed E-state index contributed by atoms with van der Waals surface area (Å²) in [7, 11) is 0. The Morgan fingerprint density at radius 2 is 2.11 bits per heavy atom. The van der Waals surface area contributed by atoms with Gasteiger partial charge >= 0.3 is 0 Å². The molecule has 0 N–H and O–H groups in total. The maximum Gasteiger partial charge on any atom is 0.260 e. The van der Waals surface area contributed by atoms with Gasteiger partial charge in [0.1, 0.15) is 11.6 Å². The number of piperidine rings is 1. The normalized spacial score (nSPS) is 17.0. The fourth-order valence-corrected chi connectivity index (χ4v) is 3.37. The first-order valence-corrected chi connectivity index (χ1v) is 9.53. The molecule has 2 heterocycles. The van der Waals surface area contributed by atoms with Crippen LogP contribution in [0.3, 0.4) is 0 Å². The molecule has 6 nitrogen and oxygen atoms in total. The number of carbonyl (C=O) groups excluding carboxylic acids is 1. The number of amides is 1. The molecule has 6 heteroatoms. The molecule has 27 heavy (non-hydrogen) atoms. The largest absolute Gasteiger partial charge is 0.484 e. The molecule has 144 valence electrons. The van der Waals surface area contributed by atoms with Crippen molar-refractivity contribution in [2.24, 2.45) is 0 Å². The van der Waals surface area contributed by atoms with E-state index >= 15 is 0 Å². The molecule has 1 amide bonds. The molecule has 1 atom stereocenters. The Hall–Kier alpha value is -2.47. The van der Waals surface area contributed by atoms with Gasteiger partial charge in [-0.05, 0) is 38.8 Å². The van der Waals surface area contributed by atoms with Crippen LogP contribution in [0.5, 0.6) is 5.75 Å². The number of nitrogens with zero attached hydrogens (tertiary/aromatic N) is 3. The number of aromatic nitrogens is 2. The highest BCUT2D eigenvalue weighted by atomic mass is 16.5. The maximum atomic E-state index is 12.6. The van der Waals surface area contributed by atoms with Gasteiger partial charge in [0.15, 0.2) is 6.61 Å². The Balaban J connectivity index is 1.65. The summed E-state index contributed by atoms with van der Waals surface area (Å²) in [5.74, 6) is 1.68. The predicted molar refractivity (Wildman–Crippen MR) is 103 cm³/mol. The highest BCUT2D eigenvalue weighted by Gasteiger charge is 2.27. The number of hydrogen-bond acceptors (Lipinski definition) is 5. The Kier molecular flexibility index (Phi) is 6.76. The summed E-state index contributed by atoms with van der Waals surface area (Å²) in [6.45, 7) is 6.51. The minimum Gasteiger partial charge on any atom is -0.484 e. The van der Waals surface area contributed by atoms with Crippen LogP contribution in [0.1, 0.15) is 42.8 Å². The quantitative estimate of drug-likeness (QED) is 0.750. The van der Waals surface area contributed by atoms with Crippen LogP contribution in [0.15, 0.2) is 36.5 Å². The van der Waals surface area contributed by atoms with Gasteiger partial charge in [-0.1, -0.05) is 18.2 Å². The van der Waals surface area contributed by atoms with Gasteiger partial charge in [-0.3, -0.25) is 4.79 Å². The molecule has 0 radical (unpaired) electrons. The Labute approximate surface area is 160 Å². The number of aryl methyl sites for hydroxylation is 1. The van der Waals surface area contributed by atoms with Gasteiger partial charge in [-0.15, -0.1) is 0 Å². The topological polar surface area (TPSA) is 64.6 Å². The first-order valence-electron chi connectivity index (χ1n) is 9.53. The van der Waals surface area contributed by atoms with Crippen LogP contribution in [0.25, 0.3) is 0 Å². The molecule has 0 bridgehead atoms. The van der Waals surface area contributed by atoms with Crippen molar-refractivity contribution >= 4 is 5.91 Å². The van der Waals surface area contributed by atoms with Crippen LogP contribution >= 0.6 is 0 Å². The lowest BCUT2D eigenvalue weighted by Gasteiger charge is -2.33. The summed E-state index contributed by atoms with van der Waals surface area (Å²) in [6, 6.07) is 9.43. The van der Waals surface area contributed by atoms with Crippen molar-refractivity contribution in [2.75, 3.05) is 26.3 Å². The highest BCUT2D eigenvalue weighted by Crippen LogP contribution is 2.28. The number of rotatable bonds is 7. The molecule has 1 aliphatic rings. The third-order valence-corrected chi connectivity index (χ3v) is 4.75. The average molecular weight is 369 g/mol. The fraction of sp³-hybridized carbons (Fsp3) is 0.476. The van der Waals surface area contributed by atoms with Crippen molar-refractivity contribution in [3.63, 3.8) is 0 Å². The van der Waals surface area contributed by atoms with E-state index in [1.807, 2.05) is 55.3 Å². The summed E-state index contributed by atoms with van der Waals surface area (Å²) in [5, 5.41) is 0. The zero-order valence-electron chi connectivity index (χ0n) is 16.1. The van der Waals surface area contributed by atoms with E-state index in [0.29, 0.717) is 25.5 Å². The monoisotopic (exact) mass is 369 g/mol. The van der Waals surface area contributed by atoms with E-state index in [9.17, 15) is 4.79 Å². The molecule has 1 unspecified atom stereocenters. The molecule has 1 aromatic carbocycles. The average Bonchev–Trinajstić information content (AvgIpc) is 2.72. The van der Waals surface area contributed by atoms with Crippen molar-refractivity contribution in [1.82, 2.24) is 14.9 Å². The Morgan fingerprint density at radius 1 is 1.30 bits per heavy atom. The molecule has 0 aliphatic carbocycles. The number of ether oxygens (including phenoxy) is 2. The highest BCUT2D eigenvalue weighted by molar-refractivity contribution is 5.78. The standard InChI is InChI=1S/C21H27N3O3/c1-3-26-14-18-12-22-16(2)23-21(18)17-8-7-11-24(13-17)20(25)15-27-19-9-5-4-6-10-19/h4-6,9-10,12,17H,3,7-8,11,13-15H2,1-2H3. The number of benzene rings is 1. The van der Waals surface area contributed by atoms with E-state index in [1.54, 1.807) is 0 Å². The molecule has 3 rings (SSSR count). The smallest absolute Gasteiger partial charge is 0.260 e. The molecule has 1 fully saturated rings. The minimum atomic E-state index is 0.0145. The van der Waals surface area contributed by atoms with Gasteiger partial charge in [0, 0.05) is 37.4 Å². The second-order valence-corrected chi connectivity index (χ2v) is 6.75. The van der Waals surface area contributed by atoms with Gasteiger partial charge in [0.25, 0.3) is 5.91 Å². The first-order chi connectivity index (χ1) is 13.2. The van der Waals surface area contributed by atoms with E-state index in [4.69, 9.17) is 9.47 Å². The SMILES string of the molecule is CCOCc1cnc(C)nc1C1CCCN(C(=O)COc2ccccc2)C1. The summed E-state index contributed by atoms with van der Waals surface area (Å²) >= 11 is 0. The Morgan fingerprint density at radius 3 is 2.89 bits per heavy atom. The second kappa shape index (κ2) is 9.46. The fourth-order valence-electron chi connectivity index (χ4n) is 3.37. The molecule has 1 aliphatic heterocycles. The summed E-state index contributed by atoms with van der Waals surface area (Å²) in [5.41, 5.74) is 2.03.